The summed E-state index contributed by atoms with van der Waals surface area (Å²) in [6, 6.07) is 1.61. The first kappa shape index (κ1) is 9.48. The Kier molecular flexibility index (Phi) is 2.37. The third-order valence-corrected chi connectivity index (χ3v) is 5.24. The number of hydrogen-bond donors (Lipinski definition) is 0. The van der Waals surface area contributed by atoms with Gasteiger partial charge in [0.15, 0.2) is 14.9 Å². The Morgan fingerprint density at radius 2 is 2.31 bits per heavy atom. The number of halogens is 1. The molecule has 0 saturated carbocycles. The van der Waals surface area contributed by atoms with Gasteiger partial charge in [0.25, 0.3) is 0 Å². The third kappa shape index (κ3) is 1.75. The molecule has 2 heterocycles. The number of ether oxygens (including phenoxy) is 1. The van der Waals surface area contributed by atoms with Gasteiger partial charge in [-0.25, -0.2) is 8.42 Å². The number of thiophene rings is 1. The number of hydrogen-bond acceptors (Lipinski definition) is 4. The van der Waals surface area contributed by atoms with E-state index in [4.69, 9.17) is 4.74 Å². The molecule has 0 radical (unpaired) electrons. The molecular formula is C7H7BrO3S2. The zero-order valence-corrected chi connectivity index (χ0v) is 9.84. The Labute approximate surface area is 88.8 Å². The van der Waals surface area contributed by atoms with E-state index in [-0.39, 0.29) is 5.75 Å². The number of fused-ring (bicyclic) bond motifs is 1. The van der Waals surface area contributed by atoms with Gasteiger partial charge in [-0.2, -0.15) is 0 Å². The molecule has 0 amide bonds. The fourth-order valence-electron chi connectivity index (χ4n) is 1.17. The Bertz CT molecular complexity index is 421. The van der Waals surface area contributed by atoms with Crippen LogP contribution >= 0.6 is 27.3 Å². The molecule has 0 aromatic carbocycles. The third-order valence-electron chi connectivity index (χ3n) is 1.76. The topological polar surface area (TPSA) is 43.4 Å². The maximum Gasteiger partial charge on any atom is 0.193 e. The molecule has 72 valence electrons. The summed E-state index contributed by atoms with van der Waals surface area (Å²) in [6.07, 6.45) is 0.571. The van der Waals surface area contributed by atoms with Crippen molar-refractivity contribution in [2.75, 3.05) is 12.4 Å². The minimum atomic E-state index is -3.10. The minimum absolute atomic E-state index is 0.184. The molecule has 0 N–H and O–H groups in total. The van der Waals surface area contributed by atoms with E-state index in [2.05, 4.69) is 15.9 Å². The molecule has 1 aliphatic heterocycles. The quantitative estimate of drug-likeness (QED) is 0.732. The van der Waals surface area contributed by atoms with Gasteiger partial charge in [0, 0.05) is 0 Å². The fourth-order valence-corrected chi connectivity index (χ4v) is 4.56. The van der Waals surface area contributed by atoms with Gasteiger partial charge in [0.05, 0.1) is 16.1 Å². The van der Waals surface area contributed by atoms with Crippen molar-refractivity contribution in [3.05, 3.63) is 9.85 Å². The van der Waals surface area contributed by atoms with Crippen LogP contribution in [0.4, 0.5) is 0 Å². The molecule has 1 aromatic rings. The smallest absolute Gasteiger partial charge is 0.193 e. The lowest BCUT2D eigenvalue weighted by atomic mass is 10.5. The second-order valence-electron chi connectivity index (χ2n) is 2.72. The van der Waals surface area contributed by atoms with Gasteiger partial charge < -0.3 is 4.74 Å². The lowest BCUT2D eigenvalue weighted by molar-refractivity contribution is 0.324. The maximum atomic E-state index is 11.6. The highest BCUT2D eigenvalue weighted by Gasteiger charge is 2.25. The zero-order valence-electron chi connectivity index (χ0n) is 6.62. The highest BCUT2D eigenvalue weighted by Crippen LogP contribution is 2.39. The van der Waals surface area contributed by atoms with E-state index in [1.54, 1.807) is 6.07 Å². The molecule has 1 aromatic heterocycles. The van der Waals surface area contributed by atoms with Crippen molar-refractivity contribution in [2.24, 2.45) is 0 Å². The van der Waals surface area contributed by atoms with Crippen LogP contribution in [0.5, 0.6) is 5.06 Å². The van der Waals surface area contributed by atoms with Crippen LogP contribution in [0.3, 0.4) is 0 Å². The Balaban J connectivity index is 2.60. The van der Waals surface area contributed by atoms with Crippen LogP contribution < -0.4 is 4.74 Å². The minimum Gasteiger partial charge on any atom is -0.483 e. The predicted molar refractivity (Wildman–Crippen MR) is 54.2 cm³/mol. The molecule has 13 heavy (non-hydrogen) atoms. The van der Waals surface area contributed by atoms with E-state index in [0.29, 0.717) is 23.0 Å². The summed E-state index contributed by atoms with van der Waals surface area (Å²) in [6.45, 7) is 0.485. The van der Waals surface area contributed by atoms with Crippen molar-refractivity contribution in [1.82, 2.24) is 0 Å². The summed E-state index contributed by atoms with van der Waals surface area (Å²) in [5.41, 5.74) is 0. The van der Waals surface area contributed by atoms with Crippen molar-refractivity contribution in [3.63, 3.8) is 0 Å². The molecule has 0 fully saturated rings. The zero-order chi connectivity index (χ0) is 9.47. The Morgan fingerprint density at radius 1 is 1.54 bits per heavy atom. The van der Waals surface area contributed by atoms with Gasteiger partial charge in [0.2, 0.25) is 0 Å². The summed E-state index contributed by atoms with van der Waals surface area (Å²) in [5, 5.41) is 0.518. The van der Waals surface area contributed by atoms with E-state index in [0.717, 1.165) is 3.79 Å². The molecule has 2 rings (SSSR count). The van der Waals surface area contributed by atoms with E-state index in [1.165, 1.54) is 11.3 Å². The molecule has 1 aliphatic rings. The normalized spacial score (nSPS) is 20.1. The molecule has 0 bridgehead atoms. The molecule has 0 spiro atoms. The molecule has 3 nitrogen and oxygen atoms in total. The van der Waals surface area contributed by atoms with Crippen molar-refractivity contribution in [2.45, 2.75) is 11.3 Å². The largest absolute Gasteiger partial charge is 0.483 e. The van der Waals surface area contributed by atoms with Gasteiger partial charge in [-0.1, -0.05) is 11.3 Å². The standard InChI is InChI=1S/C7H7BrO3S2/c8-6-4-5-7(12-6)11-2-1-3-13(5,9)10/h4H,1-3H2. The van der Waals surface area contributed by atoms with Crippen LogP contribution in [0.25, 0.3) is 0 Å². The lowest BCUT2D eigenvalue weighted by Crippen LogP contribution is -2.04. The molecule has 0 atom stereocenters. The average Bonchev–Trinajstić information content (AvgIpc) is 2.36. The van der Waals surface area contributed by atoms with Crippen LogP contribution in [0.1, 0.15) is 6.42 Å². The van der Waals surface area contributed by atoms with E-state index < -0.39 is 9.84 Å². The van der Waals surface area contributed by atoms with E-state index >= 15 is 0 Å². The molecule has 0 unspecified atom stereocenters. The van der Waals surface area contributed by atoms with Gasteiger partial charge in [-0.3, -0.25) is 0 Å². The fraction of sp³-hybridized carbons (Fsp3) is 0.429. The van der Waals surface area contributed by atoms with Gasteiger partial charge in [0.1, 0.15) is 4.90 Å². The summed E-state index contributed by atoms with van der Waals surface area (Å²) in [4.78, 5) is 0.335. The van der Waals surface area contributed by atoms with Crippen molar-refractivity contribution in [1.29, 1.82) is 0 Å². The van der Waals surface area contributed by atoms with Crippen LogP contribution in [0, 0.1) is 0 Å². The van der Waals surface area contributed by atoms with Crippen molar-refractivity contribution in [3.8, 4) is 5.06 Å². The highest BCUT2D eigenvalue weighted by molar-refractivity contribution is 9.11. The first-order valence-electron chi connectivity index (χ1n) is 3.74. The van der Waals surface area contributed by atoms with Gasteiger partial charge in [-0.05, 0) is 28.4 Å². The molecule has 0 saturated heterocycles. The van der Waals surface area contributed by atoms with Crippen LogP contribution in [0.15, 0.2) is 14.7 Å². The summed E-state index contributed by atoms with van der Waals surface area (Å²) in [7, 11) is -3.10. The van der Waals surface area contributed by atoms with Crippen LogP contribution in [-0.4, -0.2) is 20.8 Å². The monoisotopic (exact) mass is 282 g/mol. The average molecular weight is 283 g/mol. The summed E-state index contributed by atoms with van der Waals surface area (Å²) >= 11 is 4.56. The predicted octanol–water partition coefficient (Wildman–Crippen LogP) is 2.07. The second kappa shape index (κ2) is 3.25. The highest BCUT2D eigenvalue weighted by atomic mass is 79.9. The molecule has 6 heteroatoms. The van der Waals surface area contributed by atoms with Crippen LogP contribution in [0.2, 0.25) is 0 Å². The van der Waals surface area contributed by atoms with Crippen molar-refractivity contribution < 1.29 is 13.2 Å². The second-order valence-corrected chi connectivity index (χ2v) is 7.19. The Morgan fingerprint density at radius 3 is 3.08 bits per heavy atom. The molecule has 0 aliphatic carbocycles. The SMILES string of the molecule is O=S1(=O)CCCOc2sc(Br)cc21. The van der Waals surface area contributed by atoms with E-state index in [9.17, 15) is 8.42 Å². The van der Waals surface area contributed by atoms with E-state index in [1.807, 2.05) is 0 Å². The molecular weight excluding hydrogens is 276 g/mol. The summed E-state index contributed by atoms with van der Waals surface area (Å²) in [5.74, 6) is 0.184. The van der Waals surface area contributed by atoms with Crippen LogP contribution in [-0.2, 0) is 9.84 Å². The van der Waals surface area contributed by atoms with Gasteiger partial charge in [-0.15, -0.1) is 0 Å². The lowest BCUT2D eigenvalue weighted by Gasteiger charge is -1.97. The summed E-state index contributed by atoms with van der Waals surface area (Å²) < 4.78 is 29.3. The number of sulfone groups is 1. The van der Waals surface area contributed by atoms with Crippen molar-refractivity contribution >= 4 is 37.1 Å². The first-order chi connectivity index (χ1) is 6.09. The first-order valence-corrected chi connectivity index (χ1v) is 7.01. The number of rotatable bonds is 0. The van der Waals surface area contributed by atoms with Gasteiger partial charge >= 0.3 is 0 Å². The maximum absolute atomic E-state index is 11.6. The Hall–Kier alpha value is -0.0700.